The molecule has 0 unspecified atom stereocenters. The van der Waals surface area contributed by atoms with Crippen LogP contribution in [0, 0.1) is 13.8 Å². The monoisotopic (exact) mass is 423 g/mol. The second-order valence-electron chi connectivity index (χ2n) is 7.54. The van der Waals surface area contributed by atoms with Crippen molar-refractivity contribution in [1.29, 1.82) is 0 Å². The van der Waals surface area contributed by atoms with E-state index in [4.69, 9.17) is 4.74 Å². The molecular weight excluding hydrogens is 402 g/mol. The summed E-state index contributed by atoms with van der Waals surface area (Å²) in [6, 6.07) is 21.5. The number of hydrogen-bond donors (Lipinski definition) is 1. The Kier molecular flexibility index (Phi) is 4.78. The van der Waals surface area contributed by atoms with E-state index < -0.39 is 0 Å². The van der Waals surface area contributed by atoms with Crippen molar-refractivity contribution >= 4 is 28.0 Å². The molecule has 0 aliphatic carbocycles. The largest absolute Gasteiger partial charge is 0.497 e. The van der Waals surface area contributed by atoms with Crippen molar-refractivity contribution in [1.82, 2.24) is 19.8 Å². The van der Waals surface area contributed by atoms with Gasteiger partial charge in [-0.3, -0.25) is 4.79 Å². The normalized spacial score (nSPS) is 11.1. The standard InChI is InChI=1S/C25H21N5O2/c1-15-22(21-10-6-8-17-7-4-5-9-20(17)21)24-28-27-23(16(2)30(24)29-15)25(31)26-18-11-13-19(32-3)14-12-18/h4-14H,1-3H3,(H,26,31). The van der Waals surface area contributed by atoms with Gasteiger partial charge in [0.25, 0.3) is 5.91 Å². The van der Waals surface area contributed by atoms with Crippen LogP contribution < -0.4 is 10.1 Å². The molecule has 7 nitrogen and oxygen atoms in total. The van der Waals surface area contributed by atoms with E-state index in [-0.39, 0.29) is 11.6 Å². The number of benzene rings is 3. The Hall–Kier alpha value is -4.26. The first-order valence-corrected chi connectivity index (χ1v) is 10.2. The number of anilines is 1. The third-order valence-electron chi connectivity index (χ3n) is 5.56. The Morgan fingerprint density at radius 2 is 1.69 bits per heavy atom. The van der Waals surface area contributed by atoms with Gasteiger partial charge in [-0.25, -0.2) is 4.52 Å². The van der Waals surface area contributed by atoms with Gasteiger partial charge < -0.3 is 10.1 Å². The molecule has 0 aliphatic rings. The highest BCUT2D eigenvalue weighted by Gasteiger charge is 2.21. The van der Waals surface area contributed by atoms with Crippen LogP contribution in [-0.2, 0) is 0 Å². The minimum Gasteiger partial charge on any atom is -0.497 e. The van der Waals surface area contributed by atoms with E-state index in [1.54, 1.807) is 35.9 Å². The molecule has 3 aromatic carbocycles. The Morgan fingerprint density at radius 1 is 0.938 bits per heavy atom. The smallest absolute Gasteiger partial charge is 0.278 e. The van der Waals surface area contributed by atoms with Crippen molar-refractivity contribution in [2.75, 3.05) is 12.4 Å². The van der Waals surface area contributed by atoms with E-state index in [0.717, 1.165) is 27.6 Å². The van der Waals surface area contributed by atoms with Crippen molar-refractivity contribution < 1.29 is 9.53 Å². The van der Waals surface area contributed by atoms with Gasteiger partial charge in [0.1, 0.15) is 5.75 Å². The van der Waals surface area contributed by atoms with Gasteiger partial charge in [0, 0.05) is 5.69 Å². The fourth-order valence-corrected chi connectivity index (χ4v) is 3.94. The van der Waals surface area contributed by atoms with Gasteiger partial charge in [-0.2, -0.15) is 5.10 Å². The first-order chi connectivity index (χ1) is 15.6. The van der Waals surface area contributed by atoms with Crippen LogP contribution in [-0.4, -0.2) is 32.8 Å². The Labute approximate surface area is 184 Å². The lowest BCUT2D eigenvalue weighted by molar-refractivity contribution is 0.102. The van der Waals surface area contributed by atoms with Crippen molar-refractivity contribution in [3.63, 3.8) is 0 Å². The molecule has 32 heavy (non-hydrogen) atoms. The van der Waals surface area contributed by atoms with Crippen LogP contribution >= 0.6 is 0 Å². The molecule has 0 fully saturated rings. The molecule has 7 heteroatoms. The molecule has 2 heterocycles. The topological polar surface area (TPSA) is 81.4 Å². The summed E-state index contributed by atoms with van der Waals surface area (Å²) >= 11 is 0. The van der Waals surface area contributed by atoms with E-state index in [1.807, 2.05) is 32.0 Å². The number of nitrogens with zero attached hydrogens (tertiary/aromatic N) is 4. The quantitative estimate of drug-likeness (QED) is 0.448. The summed E-state index contributed by atoms with van der Waals surface area (Å²) in [5.41, 5.74) is 4.89. The van der Waals surface area contributed by atoms with Crippen LogP contribution in [0.4, 0.5) is 5.69 Å². The van der Waals surface area contributed by atoms with Crippen LogP contribution in [0.3, 0.4) is 0 Å². The second kappa shape index (κ2) is 7.77. The number of fused-ring (bicyclic) bond motifs is 2. The molecule has 1 N–H and O–H groups in total. The highest BCUT2D eigenvalue weighted by atomic mass is 16.5. The maximum Gasteiger partial charge on any atom is 0.278 e. The highest BCUT2D eigenvalue weighted by molar-refractivity contribution is 6.04. The molecule has 0 saturated carbocycles. The van der Waals surface area contributed by atoms with Gasteiger partial charge in [-0.05, 0) is 54.4 Å². The van der Waals surface area contributed by atoms with Gasteiger partial charge in [-0.1, -0.05) is 42.5 Å². The number of carbonyl (C=O) groups is 1. The van der Waals surface area contributed by atoms with Crippen LogP contribution in [0.25, 0.3) is 27.5 Å². The summed E-state index contributed by atoms with van der Waals surface area (Å²) in [4.78, 5) is 12.9. The first-order valence-electron chi connectivity index (χ1n) is 10.2. The number of hydrogen-bond acceptors (Lipinski definition) is 5. The van der Waals surface area contributed by atoms with Gasteiger partial charge in [0.15, 0.2) is 11.3 Å². The minimum atomic E-state index is -0.345. The van der Waals surface area contributed by atoms with Crippen molar-refractivity contribution in [2.45, 2.75) is 13.8 Å². The summed E-state index contributed by atoms with van der Waals surface area (Å²) in [6.45, 7) is 3.77. The van der Waals surface area contributed by atoms with Crippen LogP contribution in [0.5, 0.6) is 5.75 Å². The maximum atomic E-state index is 12.9. The first kappa shape index (κ1) is 19.7. The van der Waals surface area contributed by atoms with Gasteiger partial charge >= 0.3 is 0 Å². The second-order valence-corrected chi connectivity index (χ2v) is 7.54. The Balaban J connectivity index is 1.57. The van der Waals surface area contributed by atoms with E-state index in [2.05, 4.69) is 44.9 Å². The van der Waals surface area contributed by atoms with Crippen molar-refractivity contribution in [3.05, 3.63) is 83.8 Å². The van der Waals surface area contributed by atoms with Crippen molar-refractivity contribution in [3.8, 4) is 16.9 Å². The molecular formula is C25H21N5O2. The molecule has 5 rings (SSSR count). The molecule has 0 saturated heterocycles. The predicted octanol–water partition coefficient (Wildman–Crippen LogP) is 4.82. The number of methoxy groups -OCH3 is 1. The van der Waals surface area contributed by atoms with Crippen molar-refractivity contribution in [2.24, 2.45) is 0 Å². The summed E-state index contributed by atoms with van der Waals surface area (Å²) in [7, 11) is 1.60. The molecule has 0 bridgehead atoms. The van der Waals surface area contributed by atoms with Gasteiger partial charge in [-0.15, -0.1) is 10.2 Å². The molecule has 0 spiro atoms. The van der Waals surface area contributed by atoms with Crippen LogP contribution in [0.2, 0.25) is 0 Å². The number of aromatic nitrogens is 4. The zero-order chi connectivity index (χ0) is 22.2. The fourth-order valence-electron chi connectivity index (χ4n) is 3.94. The summed E-state index contributed by atoms with van der Waals surface area (Å²) in [5, 5.41) is 18.5. The number of amides is 1. The summed E-state index contributed by atoms with van der Waals surface area (Å²) < 4.78 is 6.85. The average molecular weight is 423 g/mol. The highest BCUT2D eigenvalue weighted by Crippen LogP contribution is 2.33. The number of rotatable bonds is 4. The molecule has 5 aromatic rings. The third-order valence-corrected chi connectivity index (χ3v) is 5.56. The number of carbonyl (C=O) groups excluding carboxylic acids is 1. The molecule has 158 valence electrons. The zero-order valence-electron chi connectivity index (χ0n) is 18.0. The lowest BCUT2D eigenvalue weighted by Crippen LogP contribution is -2.18. The SMILES string of the molecule is COc1ccc(NC(=O)c2nnc3c(-c4cccc5ccccc45)c(C)nn3c2C)cc1. The summed E-state index contributed by atoms with van der Waals surface area (Å²) in [5.74, 6) is 0.371. The molecule has 1 amide bonds. The summed E-state index contributed by atoms with van der Waals surface area (Å²) in [6.07, 6.45) is 0. The zero-order valence-corrected chi connectivity index (χ0v) is 18.0. The lowest BCUT2D eigenvalue weighted by atomic mass is 9.98. The molecule has 0 atom stereocenters. The molecule has 2 aromatic heterocycles. The van der Waals surface area contributed by atoms with Crippen LogP contribution in [0.15, 0.2) is 66.7 Å². The average Bonchev–Trinajstić information content (AvgIpc) is 3.16. The number of nitrogens with one attached hydrogen (secondary N) is 1. The molecule has 0 aliphatic heterocycles. The number of ether oxygens (including phenoxy) is 1. The van der Waals surface area contributed by atoms with E-state index >= 15 is 0 Å². The number of aryl methyl sites for hydroxylation is 2. The van der Waals surface area contributed by atoms with E-state index in [0.29, 0.717) is 22.8 Å². The Morgan fingerprint density at radius 3 is 2.47 bits per heavy atom. The predicted molar refractivity (Wildman–Crippen MR) is 124 cm³/mol. The molecule has 0 radical (unpaired) electrons. The van der Waals surface area contributed by atoms with Gasteiger partial charge in [0.05, 0.1) is 24.1 Å². The maximum absolute atomic E-state index is 12.9. The van der Waals surface area contributed by atoms with Gasteiger partial charge in [0.2, 0.25) is 0 Å². The van der Waals surface area contributed by atoms with Crippen LogP contribution in [0.1, 0.15) is 21.9 Å². The fraction of sp³-hybridized carbons (Fsp3) is 0.120. The lowest BCUT2D eigenvalue weighted by Gasteiger charge is -2.09. The van der Waals surface area contributed by atoms with E-state index in [9.17, 15) is 4.79 Å². The third kappa shape index (κ3) is 3.24. The van der Waals surface area contributed by atoms with E-state index in [1.165, 1.54) is 0 Å². The minimum absolute atomic E-state index is 0.222. The Bertz CT molecular complexity index is 1470.